The summed E-state index contributed by atoms with van der Waals surface area (Å²) < 4.78 is 0. The maximum atomic E-state index is 12.4. The molecule has 2 aliphatic carbocycles. The lowest BCUT2D eigenvalue weighted by molar-refractivity contribution is 0.220. The van der Waals surface area contributed by atoms with Gasteiger partial charge in [0.05, 0.1) is 5.56 Å². The molecule has 0 radical (unpaired) electrons. The Morgan fingerprint density at radius 3 is 2.29 bits per heavy atom. The summed E-state index contributed by atoms with van der Waals surface area (Å²) in [4.78, 5) is 19.7. The second-order valence-electron chi connectivity index (χ2n) is 7.61. The molecule has 2 saturated carbocycles. The van der Waals surface area contributed by atoms with Crippen molar-refractivity contribution in [2.75, 3.05) is 0 Å². The normalized spacial score (nSPS) is 23.5. The number of nitrogens with one attached hydrogen (secondary N) is 1. The van der Waals surface area contributed by atoms with Gasteiger partial charge in [0.25, 0.3) is 5.56 Å². The number of H-pyrrole nitrogens is 1. The first-order valence-electron chi connectivity index (χ1n) is 8.29. The Morgan fingerprint density at radius 2 is 1.71 bits per heavy atom. The molecule has 1 aromatic rings. The molecule has 4 nitrogen and oxygen atoms in total. The molecule has 0 spiro atoms. The van der Waals surface area contributed by atoms with Crippen LogP contribution in [0.5, 0.6) is 5.88 Å². The van der Waals surface area contributed by atoms with Crippen LogP contribution in [0.3, 0.4) is 0 Å². The standard InChI is InChI=1S/C17H26N2O2/c1-17(2)9-7-12(8-10-17)14-18-15(20)13(16(21)19-14)11-5-3-4-6-11/h11-12H,3-10H2,1-2H3,(H2,18,19,20,21). The van der Waals surface area contributed by atoms with Gasteiger partial charge in [-0.05, 0) is 49.9 Å². The third-order valence-corrected chi connectivity index (χ3v) is 5.44. The minimum atomic E-state index is -0.116. The van der Waals surface area contributed by atoms with Gasteiger partial charge in [0.2, 0.25) is 5.88 Å². The van der Waals surface area contributed by atoms with Crippen LogP contribution in [0, 0.1) is 5.41 Å². The minimum Gasteiger partial charge on any atom is -0.493 e. The van der Waals surface area contributed by atoms with Crippen molar-refractivity contribution in [2.45, 2.75) is 77.0 Å². The number of aromatic nitrogens is 2. The van der Waals surface area contributed by atoms with E-state index in [4.69, 9.17) is 0 Å². The zero-order valence-electron chi connectivity index (χ0n) is 13.1. The molecule has 21 heavy (non-hydrogen) atoms. The Morgan fingerprint density at radius 1 is 1.10 bits per heavy atom. The molecule has 0 bridgehead atoms. The van der Waals surface area contributed by atoms with Crippen molar-refractivity contribution in [2.24, 2.45) is 5.41 Å². The molecule has 0 saturated heterocycles. The molecular formula is C17H26N2O2. The zero-order valence-corrected chi connectivity index (χ0v) is 13.1. The van der Waals surface area contributed by atoms with E-state index in [1.165, 1.54) is 0 Å². The Balaban J connectivity index is 1.83. The maximum absolute atomic E-state index is 12.4. The van der Waals surface area contributed by atoms with Crippen LogP contribution < -0.4 is 5.56 Å². The quantitative estimate of drug-likeness (QED) is 0.870. The zero-order chi connectivity index (χ0) is 15.0. The summed E-state index contributed by atoms with van der Waals surface area (Å²) in [6.45, 7) is 4.58. The molecule has 4 heteroatoms. The van der Waals surface area contributed by atoms with Crippen molar-refractivity contribution >= 4 is 0 Å². The molecule has 1 aromatic heterocycles. The number of hydrogen-bond donors (Lipinski definition) is 2. The number of rotatable bonds is 2. The Hall–Kier alpha value is -1.32. The lowest BCUT2D eigenvalue weighted by Gasteiger charge is -2.33. The van der Waals surface area contributed by atoms with Gasteiger partial charge >= 0.3 is 0 Å². The van der Waals surface area contributed by atoms with Crippen LogP contribution in [0.15, 0.2) is 4.79 Å². The monoisotopic (exact) mass is 290 g/mol. The van der Waals surface area contributed by atoms with E-state index in [-0.39, 0.29) is 23.3 Å². The third kappa shape index (κ3) is 2.99. The number of aromatic amines is 1. The molecule has 0 amide bonds. The van der Waals surface area contributed by atoms with Crippen LogP contribution >= 0.6 is 0 Å². The van der Waals surface area contributed by atoms with Crippen LogP contribution in [0.1, 0.15) is 88.4 Å². The molecule has 0 aliphatic heterocycles. The number of hydrogen-bond acceptors (Lipinski definition) is 3. The molecule has 2 aliphatic rings. The van der Waals surface area contributed by atoms with Crippen molar-refractivity contribution in [1.29, 1.82) is 0 Å². The summed E-state index contributed by atoms with van der Waals surface area (Å²) in [5, 5.41) is 10.2. The van der Waals surface area contributed by atoms with Crippen molar-refractivity contribution in [3.8, 4) is 5.88 Å². The summed E-state index contributed by atoms with van der Waals surface area (Å²) in [6.07, 6.45) is 8.64. The fourth-order valence-corrected chi connectivity index (χ4v) is 3.94. The molecule has 0 atom stereocenters. The fourth-order valence-electron chi connectivity index (χ4n) is 3.94. The lowest BCUT2D eigenvalue weighted by Crippen LogP contribution is -2.25. The van der Waals surface area contributed by atoms with E-state index >= 15 is 0 Å². The smallest absolute Gasteiger partial charge is 0.258 e. The van der Waals surface area contributed by atoms with E-state index in [9.17, 15) is 9.90 Å². The molecule has 3 rings (SSSR count). The molecule has 0 aromatic carbocycles. The first-order chi connectivity index (χ1) is 9.96. The predicted octanol–water partition coefficient (Wildman–Crippen LogP) is 3.82. The maximum Gasteiger partial charge on any atom is 0.258 e. The highest BCUT2D eigenvalue weighted by molar-refractivity contribution is 5.28. The van der Waals surface area contributed by atoms with Gasteiger partial charge in [-0.3, -0.25) is 4.79 Å². The highest BCUT2D eigenvalue weighted by Crippen LogP contribution is 2.42. The summed E-state index contributed by atoms with van der Waals surface area (Å²) in [5.74, 6) is 1.15. The third-order valence-electron chi connectivity index (χ3n) is 5.44. The second-order valence-corrected chi connectivity index (χ2v) is 7.61. The predicted molar refractivity (Wildman–Crippen MR) is 82.7 cm³/mol. The van der Waals surface area contributed by atoms with Crippen LogP contribution in [0.25, 0.3) is 0 Å². The van der Waals surface area contributed by atoms with Crippen molar-refractivity contribution < 1.29 is 5.11 Å². The Labute approximate surface area is 126 Å². The first kappa shape index (κ1) is 14.6. The van der Waals surface area contributed by atoms with E-state index in [0.29, 0.717) is 16.8 Å². The molecule has 2 N–H and O–H groups in total. The summed E-state index contributed by atoms with van der Waals surface area (Å²) >= 11 is 0. The van der Waals surface area contributed by atoms with Gasteiger partial charge in [0.15, 0.2) is 0 Å². The van der Waals surface area contributed by atoms with Gasteiger partial charge in [-0.1, -0.05) is 26.7 Å². The molecule has 116 valence electrons. The van der Waals surface area contributed by atoms with Crippen molar-refractivity contribution in [1.82, 2.24) is 9.97 Å². The van der Waals surface area contributed by atoms with Gasteiger partial charge in [0.1, 0.15) is 5.82 Å². The van der Waals surface area contributed by atoms with Crippen LogP contribution in [0.4, 0.5) is 0 Å². The van der Waals surface area contributed by atoms with Gasteiger partial charge in [-0.25, -0.2) is 0 Å². The molecule has 0 unspecified atom stereocenters. The highest BCUT2D eigenvalue weighted by atomic mass is 16.3. The number of aromatic hydroxyl groups is 1. The summed E-state index contributed by atoms with van der Waals surface area (Å²) in [5.41, 5.74) is 0.796. The Bertz CT molecular complexity index is 561. The summed E-state index contributed by atoms with van der Waals surface area (Å²) in [7, 11) is 0. The average Bonchev–Trinajstić information content (AvgIpc) is 2.91. The van der Waals surface area contributed by atoms with Crippen LogP contribution in [-0.2, 0) is 0 Å². The van der Waals surface area contributed by atoms with E-state index < -0.39 is 0 Å². The first-order valence-corrected chi connectivity index (χ1v) is 8.29. The largest absolute Gasteiger partial charge is 0.493 e. The van der Waals surface area contributed by atoms with Crippen LogP contribution in [-0.4, -0.2) is 15.1 Å². The molecular weight excluding hydrogens is 264 g/mol. The van der Waals surface area contributed by atoms with Gasteiger partial charge in [-0.15, -0.1) is 0 Å². The van der Waals surface area contributed by atoms with E-state index in [2.05, 4.69) is 23.8 Å². The van der Waals surface area contributed by atoms with Gasteiger partial charge in [0, 0.05) is 5.92 Å². The average molecular weight is 290 g/mol. The fraction of sp³-hybridized carbons (Fsp3) is 0.765. The SMILES string of the molecule is CC1(C)CCC(c2nc(O)c(C3CCCC3)c(=O)[nH]2)CC1. The van der Waals surface area contributed by atoms with Gasteiger partial charge in [-0.2, -0.15) is 4.98 Å². The van der Waals surface area contributed by atoms with Crippen molar-refractivity contribution in [3.05, 3.63) is 21.7 Å². The topological polar surface area (TPSA) is 66.0 Å². The molecule has 1 heterocycles. The summed E-state index contributed by atoms with van der Waals surface area (Å²) in [6, 6.07) is 0. The Kier molecular flexibility index (Phi) is 3.80. The van der Waals surface area contributed by atoms with Gasteiger partial charge < -0.3 is 10.1 Å². The highest BCUT2D eigenvalue weighted by Gasteiger charge is 2.30. The van der Waals surface area contributed by atoms with E-state index in [0.717, 1.165) is 51.4 Å². The van der Waals surface area contributed by atoms with Crippen molar-refractivity contribution in [3.63, 3.8) is 0 Å². The molecule has 2 fully saturated rings. The second kappa shape index (κ2) is 5.47. The van der Waals surface area contributed by atoms with E-state index in [1.54, 1.807) is 0 Å². The minimum absolute atomic E-state index is 0.0227. The van der Waals surface area contributed by atoms with E-state index in [1.807, 2.05) is 0 Å². The number of nitrogens with zero attached hydrogens (tertiary/aromatic N) is 1. The lowest BCUT2D eigenvalue weighted by atomic mass is 9.73. The van der Waals surface area contributed by atoms with Crippen LogP contribution in [0.2, 0.25) is 0 Å².